The number of thiophene rings is 1. The second-order valence-electron chi connectivity index (χ2n) is 6.84. The zero-order valence-corrected chi connectivity index (χ0v) is 16.5. The molecule has 9 heteroatoms. The second-order valence-corrected chi connectivity index (χ2v) is 8.01. The van der Waals surface area contributed by atoms with Crippen LogP contribution in [0.1, 0.15) is 25.8 Å². The highest BCUT2D eigenvalue weighted by atomic mass is 32.1. The lowest BCUT2D eigenvalue weighted by Gasteiger charge is -1.99. The van der Waals surface area contributed by atoms with Crippen molar-refractivity contribution in [1.82, 2.24) is 30.2 Å². The summed E-state index contributed by atoms with van der Waals surface area (Å²) in [5, 5.41) is 28.0. The van der Waals surface area contributed by atoms with Gasteiger partial charge in [0.15, 0.2) is 5.78 Å². The lowest BCUT2D eigenvalue weighted by molar-refractivity contribution is 0.0989. The maximum Gasteiger partial charge on any atom is 0.188 e. The maximum absolute atomic E-state index is 12.8. The molecule has 8 nitrogen and oxygen atoms in total. The molecule has 0 saturated heterocycles. The quantitative estimate of drug-likeness (QED) is 0.413. The highest BCUT2D eigenvalue weighted by molar-refractivity contribution is 7.12. The van der Waals surface area contributed by atoms with Gasteiger partial charge in [-0.2, -0.15) is 20.6 Å². The third-order valence-electron chi connectivity index (χ3n) is 4.80. The molecule has 4 aromatic heterocycles. The number of H-pyrrole nitrogens is 2. The lowest BCUT2D eigenvalue weighted by atomic mass is 10.0. The molecule has 0 bridgehead atoms. The summed E-state index contributed by atoms with van der Waals surface area (Å²) in [7, 11) is 0. The van der Waals surface area contributed by atoms with E-state index in [1.54, 1.807) is 23.1 Å². The maximum atomic E-state index is 12.8. The summed E-state index contributed by atoms with van der Waals surface area (Å²) >= 11 is 1.44. The zero-order chi connectivity index (χ0) is 20.5. The van der Waals surface area contributed by atoms with E-state index in [0.29, 0.717) is 17.1 Å². The number of hydrogen-bond acceptors (Lipinski definition) is 6. The first-order chi connectivity index (χ1) is 14.7. The molecule has 0 fully saturated rings. The van der Waals surface area contributed by atoms with Gasteiger partial charge in [0.25, 0.3) is 0 Å². The van der Waals surface area contributed by atoms with Crippen molar-refractivity contribution in [3.05, 3.63) is 76.1 Å². The molecule has 0 atom stereocenters. The fourth-order valence-corrected chi connectivity index (χ4v) is 4.15. The molecule has 0 amide bonds. The van der Waals surface area contributed by atoms with E-state index >= 15 is 0 Å². The monoisotopic (exact) mass is 413 g/mol. The number of aromatic nitrogens is 6. The molecule has 0 aliphatic carbocycles. The summed E-state index contributed by atoms with van der Waals surface area (Å²) in [6, 6.07) is 11.7. The van der Waals surface area contributed by atoms with Crippen LogP contribution in [0.3, 0.4) is 0 Å². The van der Waals surface area contributed by atoms with Gasteiger partial charge in [-0.25, -0.2) is 0 Å². The van der Waals surface area contributed by atoms with Gasteiger partial charge in [-0.3, -0.25) is 19.7 Å². The minimum absolute atomic E-state index is 0.0697. The average molecular weight is 413 g/mol. The molecule has 0 aliphatic heterocycles. The largest absolute Gasteiger partial charge is 0.292 e. The number of nitrogens with one attached hydrogen (secondary N) is 2. The van der Waals surface area contributed by atoms with Gasteiger partial charge in [0.1, 0.15) is 16.6 Å². The number of carbonyl (C=O) groups excluding carboxylic acids is 1. The standard InChI is InChI=1S/C21H15N7OS/c22-7-16-2-3-17(30-16)12-28-11-13(8-25-28)5-20(29)21-18-4-1-14(6-19(18)26-27-21)15-9-23-24-10-15/h1-4,6,8-11H,5,12H2,(H,23,24)(H,26,27). The normalized spacial score (nSPS) is 11.0. The Morgan fingerprint density at radius 1 is 1.20 bits per heavy atom. The Morgan fingerprint density at radius 2 is 2.13 bits per heavy atom. The number of hydrogen-bond donors (Lipinski definition) is 2. The van der Waals surface area contributed by atoms with Gasteiger partial charge in [0, 0.05) is 34.6 Å². The Kier molecular flexibility index (Phi) is 4.46. The zero-order valence-electron chi connectivity index (χ0n) is 15.7. The number of aromatic amines is 2. The molecule has 0 spiro atoms. The number of Topliss-reactive ketones (excluding diaryl/α,β-unsaturated/α-hetero) is 1. The Labute approximate surface area is 174 Å². The summed E-state index contributed by atoms with van der Waals surface area (Å²) in [4.78, 5) is 14.6. The van der Waals surface area contributed by atoms with E-state index in [9.17, 15) is 4.79 Å². The van der Waals surface area contributed by atoms with Gasteiger partial charge < -0.3 is 0 Å². The first kappa shape index (κ1) is 18.0. The Balaban J connectivity index is 1.32. The van der Waals surface area contributed by atoms with E-state index in [4.69, 9.17) is 5.26 Å². The average Bonchev–Trinajstić information content (AvgIpc) is 3.54. The first-order valence-electron chi connectivity index (χ1n) is 9.20. The first-order valence-corrected chi connectivity index (χ1v) is 10.0. The van der Waals surface area contributed by atoms with E-state index in [2.05, 4.69) is 31.6 Å². The second kappa shape index (κ2) is 7.42. The fourth-order valence-electron chi connectivity index (χ4n) is 3.36. The summed E-state index contributed by atoms with van der Waals surface area (Å²) in [6.45, 7) is 0.572. The van der Waals surface area contributed by atoms with Crippen LogP contribution in [0.5, 0.6) is 0 Å². The van der Waals surface area contributed by atoms with Crippen LogP contribution in [0.2, 0.25) is 0 Å². The molecule has 2 N–H and O–H groups in total. The Bertz CT molecular complexity index is 1380. The molecule has 1 aromatic carbocycles. The molecule has 5 rings (SSSR count). The third kappa shape index (κ3) is 3.40. The molecule has 5 aromatic rings. The van der Waals surface area contributed by atoms with Crippen LogP contribution in [-0.2, 0) is 13.0 Å². The lowest BCUT2D eigenvalue weighted by Crippen LogP contribution is -2.04. The van der Waals surface area contributed by atoms with Crippen LogP contribution in [0, 0.1) is 11.3 Å². The van der Waals surface area contributed by atoms with Gasteiger partial charge in [-0.1, -0.05) is 6.07 Å². The van der Waals surface area contributed by atoms with Gasteiger partial charge in [0.2, 0.25) is 0 Å². The molecule has 0 saturated carbocycles. The molecular weight excluding hydrogens is 398 g/mol. The smallest absolute Gasteiger partial charge is 0.188 e. The molecule has 30 heavy (non-hydrogen) atoms. The van der Waals surface area contributed by atoms with Gasteiger partial charge in [-0.15, -0.1) is 11.3 Å². The van der Waals surface area contributed by atoms with E-state index < -0.39 is 0 Å². The van der Waals surface area contributed by atoms with Crippen molar-refractivity contribution < 1.29 is 4.79 Å². The Morgan fingerprint density at radius 3 is 2.93 bits per heavy atom. The highest BCUT2D eigenvalue weighted by Gasteiger charge is 2.16. The number of nitrogens with zero attached hydrogens (tertiary/aromatic N) is 5. The SMILES string of the molecule is N#Cc1ccc(Cn2cc(CC(=O)c3n[nH]c4cc(-c5cn[nH]c5)ccc34)cn2)s1. The number of carbonyl (C=O) groups is 1. The molecule has 4 heterocycles. The van der Waals surface area contributed by atoms with Crippen LogP contribution in [0.25, 0.3) is 22.0 Å². The summed E-state index contributed by atoms with van der Waals surface area (Å²) < 4.78 is 1.77. The number of rotatable bonds is 6. The van der Waals surface area contributed by atoms with Crippen molar-refractivity contribution in [2.45, 2.75) is 13.0 Å². The number of benzene rings is 1. The van der Waals surface area contributed by atoms with E-state index in [1.165, 1.54) is 11.3 Å². The van der Waals surface area contributed by atoms with E-state index in [1.807, 2.05) is 36.7 Å². The topological polar surface area (TPSA) is 116 Å². The molecule has 146 valence electrons. The van der Waals surface area contributed by atoms with Crippen LogP contribution in [0.15, 0.2) is 55.1 Å². The third-order valence-corrected chi connectivity index (χ3v) is 5.77. The van der Waals surface area contributed by atoms with Crippen molar-refractivity contribution in [2.75, 3.05) is 0 Å². The minimum Gasteiger partial charge on any atom is -0.292 e. The summed E-state index contributed by atoms with van der Waals surface area (Å²) in [5.41, 5.74) is 4.02. The number of nitriles is 1. The van der Waals surface area contributed by atoms with Gasteiger partial charge >= 0.3 is 0 Å². The van der Waals surface area contributed by atoms with Crippen LogP contribution in [0.4, 0.5) is 0 Å². The fraction of sp³-hybridized carbons (Fsp3) is 0.0952. The summed E-state index contributed by atoms with van der Waals surface area (Å²) in [6.07, 6.45) is 7.34. The Hall–Kier alpha value is -4.03. The molecular formula is C21H15N7OS. The van der Waals surface area contributed by atoms with Crippen molar-refractivity contribution in [3.63, 3.8) is 0 Å². The van der Waals surface area contributed by atoms with Crippen molar-refractivity contribution >= 4 is 28.0 Å². The van der Waals surface area contributed by atoms with Crippen LogP contribution < -0.4 is 0 Å². The van der Waals surface area contributed by atoms with E-state index in [-0.39, 0.29) is 12.2 Å². The number of fused-ring (bicyclic) bond motifs is 1. The van der Waals surface area contributed by atoms with Crippen molar-refractivity contribution in [1.29, 1.82) is 5.26 Å². The molecule has 0 radical (unpaired) electrons. The highest BCUT2D eigenvalue weighted by Crippen LogP contribution is 2.25. The molecule has 0 unspecified atom stereocenters. The minimum atomic E-state index is -0.0697. The predicted molar refractivity (Wildman–Crippen MR) is 112 cm³/mol. The van der Waals surface area contributed by atoms with Gasteiger partial charge in [0.05, 0.1) is 24.5 Å². The van der Waals surface area contributed by atoms with Gasteiger partial charge in [-0.05, 0) is 35.4 Å². The van der Waals surface area contributed by atoms with Crippen LogP contribution >= 0.6 is 11.3 Å². The summed E-state index contributed by atoms with van der Waals surface area (Å²) in [5.74, 6) is -0.0697. The van der Waals surface area contributed by atoms with Crippen molar-refractivity contribution in [3.8, 4) is 17.2 Å². The van der Waals surface area contributed by atoms with E-state index in [0.717, 1.165) is 32.5 Å². The molecule has 0 aliphatic rings. The van der Waals surface area contributed by atoms with Crippen molar-refractivity contribution in [2.24, 2.45) is 0 Å². The predicted octanol–water partition coefficient (Wildman–Crippen LogP) is 3.56. The number of ketones is 1. The van der Waals surface area contributed by atoms with Crippen LogP contribution in [-0.4, -0.2) is 36.0 Å².